The Morgan fingerprint density at radius 3 is 1.35 bits per heavy atom. The predicted molar refractivity (Wildman–Crippen MR) is 336 cm³/mol. The fraction of sp³-hybridized carbons (Fsp3) is 0.671. The minimum atomic E-state index is -0.360. The van der Waals surface area contributed by atoms with E-state index >= 15 is 0 Å². The van der Waals surface area contributed by atoms with E-state index in [4.69, 9.17) is 9.47 Å². The second-order valence-electron chi connectivity index (χ2n) is 26.7. The number of carbonyl (C=O) groups excluding carboxylic acids is 5. The van der Waals surface area contributed by atoms with Crippen LogP contribution in [0.5, 0.6) is 11.5 Å². The average molecular weight is 1140 g/mol. The summed E-state index contributed by atoms with van der Waals surface area (Å²) < 4.78 is 9.95. The maximum atomic E-state index is 12.7. The Bertz CT molecular complexity index is 2380. The Morgan fingerprint density at radius 2 is 0.939 bits per heavy atom. The zero-order valence-electron chi connectivity index (χ0n) is 53.7. The number of ether oxygens (including phenoxy) is 2. The number of amides is 4. The van der Waals surface area contributed by atoms with Crippen LogP contribution in [0.15, 0.2) is 60.7 Å². The van der Waals surface area contributed by atoms with E-state index in [0.717, 1.165) is 55.5 Å². The Balaban J connectivity index is 0.000000235. The number of phenols is 1. The number of methoxy groups -OCH3 is 1. The highest BCUT2D eigenvalue weighted by atomic mass is 16.5. The maximum absolute atomic E-state index is 12.7. The number of nitrogens with one attached hydrogen (secondary N) is 4. The third kappa shape index (κ3) is 21.7. The van der Waals surface area contributed by atoms with Gasteiger partial charge in [-0.2, -0.15) is 0 Å². The molecule has 12 atom stereocenters. The lowest BCUT2D eigenvalue weighted by Gasteiger charge is -2.37. The highest BCUT2D eigenvalue weighted by Gasteiger charge is 2.38. The topological polar surface area (TPSA) is 172 Å². The molecule has 0 spiro atoms. The Kier molecular flexibility index (Phi) is 28.5. The zero-order valence-corrected chi connectivity index (χ0v) is 53.7. The molecule has 3 aromatic carbocycles. The van der Waals surface area contributed by atoms with E-state index in [0.29, 0.717) is 94.9 Å². The van der Waals surface area contributed by atoms with Crippen LogP contribution in [0.1, 0.15) is 194 Å². The monoisotopic (exact) mass is 1130 g/mol. The molecule has 7 rings (SSSR count). The average Bonchev–Trinajstić information content (AvgIpc) is 3.47. The number of rotatable bonds is 15. The molecule has 12 unspecified atom stereocenters. The minimum Gasteiger partial charge on any atom is -0.508 e. The number of aromatic hydroxyl groups is 1. The van der Waals surface area contributed by atoms with Gasteiger partial charge in [-0.25, -0.2) is 0 Å². The van der Waals surface area contributed by atoms with E-state index in [9.17, 15) is 29.1 Å². The van der Waals surface area contributed by atoms with Crippen molar-refractivity contribution >= 4 is 41.0 Å². The molecule has 4 aliphatic carbocycles. The van der Waals surface area contributed by atoms with Gasteiger partial charge in [0.2, 0.25) is 17.7 Å². The lowest BCUT2D eigenvalue weighted by molar-refractivity contribution is -0.144. The molecular weight excluding hydrogens is 1020 g/mol. The lowest BCUT2D eigenvalue weighted by atomic mass is 9.70. The number of hydrogen-bond acceptors (Lipinski definition) is 8. The summed E-state index contributed by atoms with van der Waals surface area (Å²) in [5.74, 6) is 8.06. The molecule has 12 heteroatoms. The zero-order chi connectivity index (χ0) is 61.0. The quantitative estimate of drug-likeness (QED) is 0.0936. The number of benzene rings is 3. The molecule has 458 valence electrons. The van der Waals surface area contributed by atoms with Crippen LogP contribution in [0, 0.1) is 110 Å². The fourth-order valence-electron chi connectivity index (χ4n) is 13.4. The number of hydrogen-bond donors (Lipinski definition) is 5. The van der Waals surface area contributed by atoms with E-state index in [1.54, 1.807) is 20.1 Å². The number of anilines is 2. The summed E-state index contributed by atoms with van der Waals surface area (Å²) in [6.07, 6.45) is 13.6. The van der Waals surface area contributed by atoms with Crippen molar-refractivity contribution in [2.24, 2.45) is 88.8 Å². The van der Waals surface area contributed by atoms with Gasteiger partial charge in [-0.3, -0.25) is 24.0 Å². The summed E-state index contributed by atoms with van der Waals surface area (Å²) in [7, 11) is 1.63. The third-order valence-electron chi connectivity index (χ3n) is 18.7. The Labute approximate surface area is 496 Å². The molecule has 4 fully saturated rings. The van der Waals surface area contributed by atoms with Gasteiger partial charge in [0.15, 0.2) is 0 Å². The fourth-order valence-corrected chi connectivity index (χ4v) is 13.4. The number of phenolic OH excluding ortho intramolecular Hbond substituents is 1. The molecule has 0 aliphatic heterocycles. The van der Waals surface area contributed by atoms with Crippen molar-refractivity contribution in [3.8, 4) is 11.5 Å². The number of carbonyl (C=O) groups is 5. The molecule has 12 nitrogen and oxygen atoms in total. The van der Waals surface area contributed by atoms with Crippen LogP contribution in [-0.2, 0) is 23.9 Å². The van der Waals surface area contributed by atoms with Crippen molar-refractivity contribution in [1.82, 2.24) is 10.6 Å². The van der Waals surface area contributed by atoms with E-state index in [1.807, 2.05) is 49.4 Å². The molecule has 0 heterocycles. The van der Waals surface area contributed by atoms with Crippen molar-refractivity contribution in [1.29, 1.82) is 0 Å². The SMILES string of the molecule is CCOC(=O)CNC(=O)C1CC(C)CCC1C(C)C.COc1ccc(C(=O)NC2CC(C)CCC2C(C)C)cc1.Cc1ccc(NC(=O)C2CC(C)CCC2C(C)C)cc1C.Cc1ccc(NC(=O)C2CC(C)CCC2C(C)C)cc1O. The molecule has 0 bridgehead atoms. The predicted octanol–water partition coefficient (Wildman–Crippen LogP) is 15.6. The van der Waals surface area contributed by atoms with Gasteiger partial charge in [0, 0.05) is 46.8 Å². The van der Waals surface area contributed by atoms with Gasteiger partial charge in [0.05, 0.1) is 13.7 Å². The summed E-state index contributed by atoms with van der Waals surface area (Å²) >= 11 is 0. The van der Waals surface area contributed by atoms with Gasteiger partial charge in [-0.15, -0.1) is 0 Å². The van der Waals surface area contributed by atoms with Crippen LogP contribution >= 0.6 is 0 Å². The summed E-state index contributed by atoms with van der Waals surface area (Å²) in [6.45, 7) is 34.9. The van der Waals surface area contributed by atoms with Crippen molar-refractivity contribution in [2.45, 2.75) is 194 Å². The summed E-state index contributed by atoms with van der Waals surface area (Å²) in [6, 6.07) is 19.1. The normalized spacial score (nSPS) is 26.1. The van der Waals surface area contributed by atoms with Gasteiger partial charge in [0.25, 0.3) is 5.91 Å². The first-order chi connectivity index (χ1) is 38.7. The standard InChI is InChI=1S/C19H29NO.2C18H27NO2.C15H27NO3/c1-12(2)17-9-6-13(3)10-18(17)19(21)20-16-8-7-14(4)15(5)11-16;1-12(2)16-10-5-13(3)11-17(16)19-18(20)14-6-8-15(21-4)9-7-14;1-11(2)15-8-5-12(3)9-16(15)18(21)19-14-7-6-13(4)17(20)10-14;1-5-19-14(17)9-16-15(18)13-8-11(4)6-7-12(13)10(2)3/h7-8,11-13,17-18H,6,9-10H2,1-5H3,(H,20,21);6-9,12-13,16-17H,5,10-11H2,1-4H3,(H,19,20);6-7,10-12,15-16,20H,5,8-9H2,1-4H3,(H,19,21);10-13H,5-9H2,1-4H3,(H,16,18). The number of esters is 1. The maximum Gasteiger partial charge on any atom is 0.325 e. The van der Waals surface area contributed by atoms with Crippen LogP contribution < -0.4 is 26.0 Å². The molecule has 3 aromatic rings. The third-order valence-corrected chi connectivity index (χ3v) is 18.7. The van der Waals surface area contributed by atoms with Crippen LogP contribution in [0.25, 0.3) is 0 Å². The van der Waals surface area contributed by atoms with Gasteiger partial charge < -0.3 is 35.8 Å². The molecule has 0 aromatic heterocycles. The van der Waals surface area contributed by atoms with Gasteiger partial charge in [-0.05, 0) is 209 Å². The van der Waals surface area contributed by atoms with Crippen molar-refractivity contribution < 1.29 is 38.6 Å². The van der Waals surface area contributed by atoms with Crippen LogP contribution in [-0.4, -0.2) is 61.0 Å². The van der Waals surface area contributed by atoms with E-state index < -0.39 is 0 Å². The van der Waals surface area contributed by atoms with Crippen LogP contribution in [0.3, 0.4) is 0 Å². The second kappa shape index (κ2) is 33.8. The first-order valence-corrected chi connectivity index (χ1v) is 31.6. The lowest BCUT2D eigenvalue weighted by Crippen LogP contribution is -2.45. The second-order valence-corrected chi connectivity index (χ2v) is 26.7. The summed E-state index contributed by atoms with van der Waals surface area (Å²) in [5.41, 5.74) is 5.63. The van der Waals surface area contributed by atoms with Crippen molar-refractivity contribution in [2.75, 3.05) is 30.9 Å². The molecule has 5 N–H and O–H groups in total. The molecule has 4 aliphatic rings. The summed E-state index contributed by atoms with van der Waals surface area (Å²) in [4.78, 5) is 61.3. The van der Waals surface area contributed by atoms with Gasteiger partial charge in [-0.1, -0.05) is 121 Å². The molecule has 4 saturated carbocycles. The van der Waals surface area contributed by atoms with E-state index in [-0.39, 0.29) is 59.6 Å². The number of aryl methyl sites for hydroxylation is 3. The highest BCUT2D eigenvalue weighted by Crippen LogP contribution is 2.41. The smallest absolute Gasteiger partial charge is 0.325 e. The molecule has 82 heavy (non-hydrogen) atoms. The highest BCUT2D eigenvalue weighted by molar-refractivity contribution is 5.95. The van der Waals surface area contributed by atoms with Crippen LogP contribution in [0.2, 0.25) is 0 Å². The van der Waals surface area contributed by atoms with E-state index in [1.165, 1.54) is 49.7 Å². The molecule has 0 radical (unpaired) electrons. The largest absolute Gasteiger partial charge is 0.508 e. The van der Waals surface area contributed by atoms with Gasteiger partial charge in [0.1, 0.15) is 18.0 Å². The Morgan fingerprint density at radius 1 is 0.524 bits per heavy atom. The van der Waals surface area contributed by atoms with Crippen molar-refractivity contribution in [3.63, 3.8) is 0 Å². The Hall–Kier alpha value is -5.39. The molecule has 4 amide bonds. The minimum absolute atomic E-state index is 0.0115. The van der Waals surface area contributed by atoms with Crippen molar-refractivity contribution in [3.05, 3.63) is 82.9 Å². The first kappa shape index (κ1) is 69.1. The van der Waals surface area contributed by atoms with Gasteiger partial charge >= 0.3 is 5.97 Å². The van der Waals surface area contributed by atoms with E-state index in [2.05, 4.69) is 130 Å². The summed E-state index contributed by atoms with van der Waals surface area (Å²) in [5, 5.41) is 21.9. The van der Waals surface area contributed by atoms with Crippen LogP contribution in [0.4, 0.5) is 11.4 Å². The first-order valence-electron chi connectivity index (χ1n) is 31.6. The molecular formula is C70H110N4O8. The molecule has 0 saturated heterocycles.